The van der Waals surface area contributed by atoms with Crippen LogP contribution in [0.25, 0.3) is 11.0 Å². The minimum Gasteiger partial charge on any atom is -0.375 e. The first-order chi connectivity index (χ1) is 10.2. The van der Waals surface area contributed by atoms with Gasteiger partial charge in [0, 0.05) is 4.88 Å². The summed E-state index contributed by atoms with van der Waals surface area (Å²) in [5.41, 5.74) is 4.06. The number of hydrogen-bond acceptors (Lipinski definition) is 5. The number of hydrogen-bond donors (Lipinski definition) is 1. The van der Waals surface area contributed by atoms with E-state index < -0.39 is 0 Å². The molecule has 7 heteroatoms. The summed E-state index contributed by atoms with van der Waals surface area (Å²) in [4.78, 5) is 1.46. The van der Waals surface area contributed by atoms with E-state index in [1.54, 1.807) is 0 Å². The van der Waals surface area contributed by atoms with Crippen molar-refractivity contribution in [2.45, 2.75) is 25.3 Å². The molecule has 1 unspecified atom stereocenters. The molecular formula is C14H11BrClN3S2. The van der Waals surface area contributed by atoms with Gasteiger partial charge >= 0.3 is 0 Å². The predicted molar refractivity (Wildman–Crippen MR) is 93.7 cm³/mol. The van der Waals surface area contributed by atoms with Crippen molar-refractivity contribution in [3.63, 3.8) is 0 Å². The second kappa shape index (κ2) is 5.50. The van der Waals surface area contributed by atoms with Gasteiger partial charge in [-0.1, -0.05) is 11.6 Å². The first kappa shape index (κ1) is 13.9. The summed E-state index contributed by atoms with van der Waals surface area (Å²) >= 11 is 13.0. The van der Waals surface area contributed by atoms with Crippen molar-refractivity contribution in [3.8, 4) is 0 Å². The highest BCUT2D eigenvalue weighted by Gasteiger charge is 2.24. The van der Waals surface area contributed by atoms with E-state index in [-0.39, 0.29) is 0 Å². The zero-order chi connectivity index (χ0) is 14.4. The van der Waals surface area contributed by atoms with Crippen LogP contribution in [-0.2, 0) is 6.42 Å². The maximum Gasteiger partial charge on any atom is 0.129 e. The maximum absolute atomic E-state index is 6.38. The molecule has 3 aromatic rings. The van der Waals surface area contributed by atoms with Crippen molar-refractivity contribution < 1.29 is 0 Å². The van der Waals surface area contributed by atoms with Crippen LogP contribution in [0.3, 0.4) is 0 Å². The van der Waals surface area contributed by atoms with E-state index in [1.807, 2.05) is 23.5 Å². The molecule has 0 bridgehead atoms. The fourth-order valence-electron chi connectivity index (χ4n) is 2.81. The first-order valence-corrected chi connectivity index (χ1v) is 9.39. The lowest BCUT2D eigenvalue weighted by molar-refractivity contribution is 0.609. The Kier molecular flexibility index (Phi) is 3.65. The minimum absolute atomic E-state index is 0.293. The SMILES string of the molecule is Clc1ccc2nsnc2c1NC1CCCc2sc(Br)cc21. The lowest BCUT2D eigenvalue weighted by Gasteiger charge is -2.25. The largest absolute Gasteiger partial charge is 0.375 e. The smallest absolute Gasteiger partial charge is 0.129 e. The highest BCUT2D eigenvalue weighted by Crippen LogP contribution is 2.41. The second-order valence-electron chi connectivity index (χ2n) is 5.07. The Bertz CT molecular complexity index is 814. The van der Waals surface area contributed by atoms with E-state index in [9.17, 15) is 0 Å². The van der Waals surface area contributed by atoms with Crippen LogP contribution in [0.2, 0.25) is 5.02 Å². The number of benzene rings is 1. The molecule has 0 spiro atoms. The maximum atomic E-state index is 6.38. The number of thiophene rings is 1. The molecular weight excluding hydrogens is 390 g/mol. The minimum atomic E-state index is 0.293. The molecule has 21 heavy (non-hydrogen) atoms. The number of rotatable bonds is 2. The average Bonchev–Trinajstić information content (AvgIpc) is 3.07. The molecule has 3 nitrogen and oxygen atoms in total. The van der Waals surface area contributed by atoms with Crippen molar-refractivity contribution in [2.24, 2.45) is 0 Å². The van der Waals surface area contributed by atoms with Crippen LogP contribution in [0.5, 0.6) is 0 Å². The molecule has 4 rings (SSSR count). The predicted octanol–water partition coefficient (Wildman–Crippen LogP) is 5.66. The topological polar surface area (TPSA) is 37.8 Å². The molecule has 0 saturated carbocycles. The third kappa shape index (κ3) is 2.48. The van der Waals surface area contributed by atoms with Gasteiger partial charge in [-0.05, 0) is 59.0 Å². The van der Waals surface area contributed by atoms with Gasteiger partial charge < -0.3 is 5.32 Å². The van der Waals surface area contributed by atoms with E-state index in [4.69, 9.17) is 11.6 Å². The standard InChI is InChI=1S/C14H11BrClN3S2/c15-12-6-7-9(2-1-3-11(7)20-12)17-13-8(16)4-5-10-14(13)19-21-18-10/h4-6,9,17H,1-3H2. The van der Waals surface area contributed by atoms with Crippen molar-refractivity contribution >= 4 is 67.3 Å². The van der Waals surface area contributed by atoms with E-state index in [0.717, 1.165) is 23.1 Å². The van der Waals surface area contributed by atoms with Crippen LogP contribution >= 0.6 is 50.6 Å². The molecule has 1 aliphatic carbocycles. The molecule has 1 atom stereocenters. The van der Waals surface area contributed by atoms with Crippen molar-refractivity contribution in [1.29, 1.82) is 0 Å². The van der Waals surface area contributed by atoms with Gasteiger partial charge in [0.05, 0.1) is 32.3 Å². The average molecular weight is 401 g/mol. The lowest BCUT2D eigenvalue weighted by atomic mass is 9.94. The Morgan fingerprint density at radius 2 is 2.24 bits per heavy atom. The first-order valence-electron chi connectivity index (χ1n) is 6.68. The van der Waals surface area contributed by atoms with Gasteiger partial charge in [0.25, 0.3) is 0 Å². The third-order valence-corrected chi connectivity index (χ3v) is 6.35. The highest BCUT2D eigenvalue weighted by molar-refractivity contribution is 9.11. The Morgan fingerprint density at radius 3 is 3.14 bits per heavy atom. The number of nitrogens with one attached hydrogen (secondary N) is 1. The molecule has 2 heterocycles. The molecule has 0 radical (unpaired) electrons. The van der Waals surface area contributed by atoms with E-state index in [0.29, 0.717) is 11.1 Å². The summed E-state index contributed by atoms with van der Waals surface area (Å²) in [7, 11) is 0. The second-order valence-corrected chi connectivity index (χ2v) is 8.52. The van der Waals surface area contributed by atoms with Crippen LogP contribution < -0.4 is 5.32 Å². The number of anilines is 1. The lowest BCUT2D eigenvalue weighted by Crippen LogP contribution is -2.16. The molecule has 0 aliphatic heterocycles. The van der Waals surface area contributed by atoms with Crippen molar-refractivity contribution in [1.82, 2.24) is 8.75 Å². The number of aromatic nitrogens is 2. The summed E-state index contributed by atoms with van der Waals surface area (Å²) in [6.45, 7) is 0. The number of aryl methyl sites for hydroxylation is 1. The Hall–Kier alpha value is -0.690. The van der Waals surface area contributed by atoms with Gasteiger partial charge in [-0.2, -0.15) is 8.75 Å². The number of fused-ring (bicyclic) bond motifs is 2. The van der Waals surface area contributed by atoms with Crippen LogP contribution in [0, 0.1) is 0 Å². The summed E-state index contributed by atoms with van der Waals surface area (Å²) in [5.74, 6) is 0. The third-order valence-electron chi connectivity index (χ3n) is 3.78. The van der Waals surface area contributed by atoms with E-state index in [2.05, 4.69) is 36.1 Å². The highest BCUT2D eigenvalue weighted by atomic mass is 79.9. The summed E-state index contributed by atoms with van der Waals surface area (Å²) in [6, 6.07) is 6.33. The molecule has 1 aromatic carbocycles. The molecule has 1 aliphatic rings. The summed E-state index contributed by atoms with van der Waals surface area (Å²) in [6.07, 6.45) is 3.47. The van der Waals surface area contributed by atoms with Gasteiger partial charge in [0.1, 0.15) is 11.0 Å². The van der Waals surface area contributed by atoms with Crippen LogP contribution in [0.4, 0.5) is 5.69 Å². The number of halogens is 2. The zero-order valence-corrected chi connectivity index (χ0v) is 14.9. The Balaban J connectivity index is 1.75. The molecule has 108 valence electrons. The zero-order valence-electron chi connectivity index (χ0n) is 10.9. The molecule has 0 amide bonds. The Labute approximate surface area is 143 Å². The summed E-state index contributed by atoms with van der Waals surface area (Å²) < 4.78 is 9.87. The van der Waals surface area contributed by atoms with E-state index >= 15 is 0 Å². The van der Waals surface area contributed by atoms with Gasteiger partial charge in [-0.15, -0.1) is 11.3 Å². The van der Waals surface area contributed by atoms with Crippen LogP contribution in [0.15, 0.2) is 22.0 Å². The molecule has 1 N–H and O–H groups in total. The van der Waals surface area contributed by atoms with E-state index in [1.165, 1.54) is 38.8 Å². The van der Waals surface area contributed by atoms with Crippen molar-refractivity contribution in [2.75, 3.05) is 5.32 Å². The van der Waals surface area contributed by atoms with Crippen molar-refractivity contribution in [3.05, 3.63) is 37.4 Å². The molecule has 0 fully saturated rings. The fraction of sp³-hybridized carbons (Fsp3) is 0.286. The molecule has 0 saturated heterocycles. The van der Waals surface area contributed by atoms with Gasteiger partial charge in [0.15, 0.2) is 0 Å². The van der Waals surface area contributed by atoms with Gasteiger partial charge in [0.2, 0.25) is 0 Å². The van der Waals surface area contributed by atoms with Crippen LogP contribution in [0.1, 0.15) is 29.3 Å². The van der Waals surface area contributed by atoms with Crippen LogP contribution in [-0.4, -0.2) is 8.75 Å². The molecule has 2 aromatic heterocycles. The normalized spacial score (nSPS) is 17.9. The Morgan fingerprint density at radius 1 is 1.33 bits per heavy atom. The fourth-order valence-corrected chi connectivity index (χ4v) is 5.38. The summed E-state index contributed by atoms with van der Waals surface area (Å²) in [5, 5.41) is 4.31. The van der Waals surface area contributed by atoms with Gasteiger partial charge in [-0.3, -0.25) is 0 Å². The quantitative estimate of drug-likeness (QED) is 0.603. The monoisotopic (exact) mass is 399 g/mol. The number of nitrogens with zero attached hydrogens (tertiary/aromatic N) is 2. The van der Waals surface area contributed by atoms with Gasteiger partial charge in [-0.25, -0.2) is 0 Å².